The van der Waals surface area contributed by atoms with Gasteiger partial charge < -0.3 is 14.8 Å². The molecule has 0 spiro atoms. The molecule has 0 radical (unpaired) electrons. The Morgan fingerprint density at radius 3 is 2.65 bits per heavy atom. The maximum absolute atomic E-state index is 12.9. The lowest BCUT2D eigenvalue weighted by Crippen LogP contribution is -2.25. The van der Waals surface area contributed by atoms with Crippen LogP contribution in [0.15, 0.2) is 65.4 Å². The van der Waals surface area contributed by atoms with Crippen LogP contribution in [0.4, 0.5) is 0 Å². The van der Waals surface area contributed by atoms with Crippen LogP contribution >= 0.6 is 11.3 Å². The summed E-state index contributed by atoms with van der Waals surface area (Å²) < 4.78 is 12.4. The normalized spacial score (nSPS) is 10.7. The van der Waals surface area contributed by atoms with Crippen molar-refractivity contribution in [2.24, 2.45) is 7.05 Å². The summed E-state index contributed by atoms with van der Waals surface area (Å²) in [7, 11) is 4.97. The Bertz CT molecular complexity index is 1200. The highest BCUT2D eigenvalue weighted by Crippen LogP contribution is 2.33. The number of rotatable bonds is 7. The van der Waals surface area contributed by atoms with Gasteiger partial charge in [0.2, 0.25) is 0 Å². The first-order valence-electron chi connectivity index (χ1n) is 9.76. The predicted octanol–water partition coefficient (Wildman–Crippen LogP) is 4.76. The Morgan fingerprint density at radius 1 is 1.06 bits per heavy atom. The van der Waals surface area contributed by atoms with Gasteiger partial charge in [0.1, 0.15) is 17.2 Å². The molecule has 4 aromatic rings. The van der Waals surface area contributed by atoms with Gasteiger partial charge in [-0.25, -0.2) is 0 Å². The van der Waals surface area contributed by atoms with Crippen molar-refractivity contribution in [3.05, 3.63) is 76.6 Å². The van der Waals surface area contributed by atoms with Crippen molar-refractivity contribution in [2.45, 2.75) is 6.54 Å². The third-order valence-corrected chi connectivity index (χ3v) is 5.77. The molecule has 158 valence electrons. The summed E-state index contributed by atoms with van der Waals surface area (Å²) in [6.07, 6.45) is 0. The Hall–Kier alpha value is -3.58. The minimum atomic E-state index is -0.191. The average Bonchev–Trinajstić information content (AvgIpc) is 3.47. The zero-order valence-corrected chi connectivity index (χ0v) is 18.4. The molecule has 4 rings (SSSR count). The van der Waals surface area contributed by atoms with E-state index in [9.17, 15) is 4.79 Å². The molecule has 0 saturated carbocycles. The number of thiophene rings is 1. The lowest BCUT2D eigenvalue weighted by atomic mass is 10.0. The van der Waals surface area contributed by atoms with Gasteiger partial charge in [-0.3, -0.25) is 9.48 Å². The van der Waals surface area contributed by atoms with Gasteiger partial charge in [0.25, 0.3) is 5.91 Å². The quantitative estimate of drug-likeness (QED) is 0.456. The number of carbonyl (C=O) groups is 1. The topological polar surface area (TPSA) is 65.4 Å². The number of ether oxygens (including phenoxy) is 2. The van der Waals surface area contributed by atoms with Crippen molar-refractivity contribution in [1.29, 1.82) is 0 Å². The highest BCUT2D eigenvalue weighted by Gasteiger charge is 2.18. The minimum Gasteiger partial charge on any atom is -0.497 e. The van der Waals surface area contributed by atoms with Gasteiger partial charge in [0, 0.05) is 19.2 Å². The average molecular weight is 434 g/mol. The second-order valence-electron chi connectivity index (χ2n) is 6.96. The van der Waals surface area contributed by atoms with Gasteiger partial charge in [-0.2, -0.15) is 16.4 Å². The van der Waals surface area contributed by atoms with Crippen LogP contribution < -0.4 is 14.8 Å². The molecule has 0 aliphatic heterocycles. The monoisotopic (exact) mass is 433 g/mol. The van der Waals surface area contributed by atoms with E-state index >= 15 is 0 Å². The zero-order valence-electron chi connectivity index (χ0n) is 17.6. The van der Waals surface area contributed by atoms with E-state index in [1.54, 1.807) is 43.4 Å². The Kier molecular flexibility index (Phi) is 6.04. The van der Waals surface area contributed by atoms with Gasteiger partial charge in [-0.15, -0.1) is 0 Å². The van der Waals surface area contributed by atoms with Gasteiger partial charge in [0.05, 0.1) is 19.9 Å². The largest absolute Gasteiger partial charge is 0.497 e. The van der Waals surface area contributed by atoms with Crippen LogP contribution in [0.5, 0.6) is 11.5 Å². The minimum absolute atomic E-state index is 0.191. The first-order chi connectivity index (χ1) is 15.1. The molecule has 2 aromatic carbocycles. The van der Waals surface area contributed by atoms with E-state index in [-0.39, 0.29) is 5.91 Å². The van der Waals surface area contributed by atoms with E-state index in [2.05, 4.69) is 33.3 Å². The van der Waals surface area contributed by atoms with Gasteiger partial charge in [-0.1, -0.05) is 24.3 Å². The Labute approximate surface area is 185 Å². The number of methoxy groups -OCH3 is 2. The molecule has 6 nitrogen and oxygen atoms in total. The molecule has 2 aromatic heterocycles. The standard InChI is InChI=1S/C24H23N3O3S/c1-27-22(13-21(26-27)20-12-18(29-2)8-9-23(20)30-3)24(28)25-14-16-6-4-5-7-19(16)17-10-11-31-15-17/h4-13,15H,14H2,1-3H3,(H,25,28). The van der Waals surface area contributed by atoms with E-state index in [0.717, 1.165) is 22.3 Å². The van der Waals surface area contributed by atoms with Gasteiger partial charge in [0.15, 0.2) is 0 Å². The molecule has 1 amide bonds. The van der Waals surface area contributed by atoms with Crippen LogP contribution in [-0.2, 0) is 13.6 Å². The Balaban J connectivity index is 1.56. The van der Waals surface area contributed by atoms with Crippen molar-refractivity contribution in [2.75, 3.05) is 14.2 Å². The van der Waals surface area contributed by atoms with Crippen LogP contribution in [0.25, 0.3) is 22.4 Å². The molecule has 7 heteroatoms. The molecule has 31 heavy (non-hydrogen) atoms. The number of nitrogens with zero attached hydrogens (tertiary/aromatic N) is 2. The highest BCUT2D eigenvalue weighted by molar-refractivity contribution is 7.08. The lowest BCUT2D eigenvalue weighted by Gasteiger charge is -2.10. The van der Waals surface area contributed by atoms with Crippen molar-refractivity contribution < 1.29 is 14.3 Å². The van der Waals surface area contributed by atoms with E-state index in [4.69, 9.17) is 9.47 Å². The van der Waals surface area contributed by atoms with Gasteiger partial charge in [-0.05, 0) is 57.8 Å². The van der Waals surface area contributed by atoms with Crippen LogP contribution in [0, 0.1) is 0 Å². The van der Waals surface area contributed by atoms with Crippen LogP contribution in [0.2, 0.25) is 0 Å². The number of amides is 1. The van der Waals surface area contributed by atoms with E-state index in [1.807, 2.05) is 36.4 Å². The van der Waals surface area contributed by atoms with E-state index < -0.39 is 0 Å². The molecule has 0 aliphatic rings. The van der Waals surface area contributed by atoms with Gasteiger partial charge >= 0.3 is 0 Å². The molecular formula is C24H23N3O3S. The van der Waals surface area contributed by atoms with Crippen LogP contribution in [0.3, 0.4) is 0 Å². The fourth-order valence-electron chi connectivity index (χ4n) is 3.47. The van der Waals surface area contributed by atoms with E-state index in [1.165, 1.54) is 0 Å². The molecule has 0 aliphatic carbocycles. The number of aromatic nitrogens is 2. The maximum Gasteiger partial charge on any atom is 0.269 e. The second-order valence-corrected chi connectivity index (χ2v) is 7.74. The third kappa shape index (κ3) is 4.32. The second kappa shape index (κ2) is 9.06. The van der Waals surface area contributed by atoms with Crippen LogP contribution in [-0.4, -0.2) is 29.9 Å². The summed E-state index contributed by atoms with van der Waals surface area (Å²) in [5, 5.41) is 11.7. The van der Waals surface area contributed by atoms with E-state index in [0.29, 0.717) is 29.4 Å². The summed E-state index contributed by atoms with van der Waals surface area (Å²) in [5.74, 6) is 1.16. The Morgan fingerprint density at radius 2 is 1.90 bits per heavy atom. The fourth-order valence-corrected chi connectivity index (χ4v) is 4.12. The summed E-state index contributed by atoms with van der Waals surface area (Å²) >= 11 is 1.65. The predicted molar refractivity (Wildman–Crippen MR) is 123 cm³/mol. The van der Waals surface area contributed by atoms with Crippen molar-refractivity contribution in [3.8, 4) is 33.9 Å². The molecule has 0 bridgehead atoms. The van der Waals surface area contributed by atoms with Crippen molar-refractivity contribution >= 4 is 17.2 Å². The molecule has 0 unspecified atom stereocenters. The summed E-state index contributed by atoms with van der Waals surface area (Å²) in [6.45, 7) is 0.424. The summed E-state index contributed by atoms with van der Waals surface area (Å²) in [6, 6.07) is 17.4. The summed E-state index contributed by atoms with van der Waals surface area (Å²) in [4.78, 5) is 12.9. The van der Waals surface area contributed by atoms with Crippen molar-refractivity contribution in [3.63, 3.8) is 0 Å². The lowest BCUT2D eigenvalue weighted by molar-refractivity contribution is 0.0941. The molecule has 0 atom stereocenters. The molecule has 1 N–H and O–H groups in total. The first-order valence-corrected chi connectivity index (χ1v) is 10.7. The number of hydrogen-bond acceptors (Lipinski definition) is 5. The zero-order chi connectivity index (χ0) is 21.8. The number of carbonyl (C=O) groups excluding carboxylic acids is 1. The van der Waals surface area contributed by atoms with Crippen LogP contribution in [0.1, 0.15) is 16.1 Å². The smallest absolute Gasteiger partial charge is 0.269 e. The molecule has 0 saturated heterocycles. The fraction of sp³-hybridized carbons (Fsp3) is 0.167. The number of aryl methyl sites for hydroxylation is 1. The first kappa shape index (κ1) is 20.7. The highest BCUT2D eigenvalue weighted by atomic mass is 32.1. The summed E-state index contributed by atoms with van der Waals surface area (Å²) in [5.41, 5.74) is 5.21. The molecule has 0 fully saturated rings. The third-order valence-electron chi connectivity index (χ3n) is 5.08. The number of nitrogens with one attached hydrogen (secondary N) is 1. The van der Waals surface area contributed by atoms with Crippen molar-refractivity contribution in [1.82, 2.24) is 15.1 Å². The SMILES string of the molecule is COc1ccc(OC)c(-c2cc(C(=O)NCc3ccccc3-c3ccsc3)n(C)n2)c1. The maximum atomic E-state index is 12.9. The molecule has 2 heterocycles. The number of hydrogen-bond donors (Lipinski definition) is 1. The number of benzene rings is 2. The molecular weight excluding hydrogens is 410 g/mol.